The Morgan fingerprint density at radius 2 is 2.32 bits per heavy atom. The number of nitrogens with zero attached hydrogens (tertiary/aromatic N) is 4. The monoisotopic (exact) mass is 377 g/mol. The number of methoxy groups -OCH3 is 1. The first kappa shape index (κ1) is 15.3. The molecule has 4 atom stereocenters. The number of hydrogen-bond acceptors (Lipinski definition) is 8. The van der Waals surface area contributed by atoms with Crippen LogP contribution in [0.4, 0.5) is 10.3 Å². The first-order valence-corrected chi connectivity index (χ1v) is 7.05. The highest BCUT2D eigenvalue weighted by Crippen LogP contribution is 2.47. The summed E-state index contributed by atoms with van der Waals surface area (Å²) in [6.45, 7) is -0.540. The normalized spacial score (nSPS) is 31.8. The lowest BCUT2D eigenvalue weighted by Crippen LogP contribution is -2.37. The number of anilines is 1. The van der Waals surface area contributed by atoms with Gasteiger partial charge >= 0.3 is 0 Å². The predicted molar refractivity (Wildman–Crippen MR) is 76.1 cm³/mol. The van der Waals surface area contributed by atoms with Crippen LogP contribution < -0.4 is 10.5 Å². The van der Waals surface area contributed by atoms with Crippen LogP contribution in [-0.4, -0.2) is 60.2 Å². The Labute approximate surface area is 132 Å². The Kier molecular flexibility index (Phi) is 3.67. The van der Waals surface area contributed by atoms with Crippen LogP contribution in [0.5, 0.6) is 5.88 Å². The molecule has 0 radical (unpaired) electrons. The highest BCUT2D eigenvalue weighted by Gasteiger charge is 2.57. The summed E-state index contributed by atoms with van der Waals surface area (Å²) >= 11 is 2.81. The fraction of sp³-hybridized carbons (Fsp3) is 0.545. The van der Waals surface area contributed by atoms with Gasteiger partial charge in [-0.05, 0) is 15.9 Å². The van der Waals surface area contributed by atoms with E-state index in [4.69, 9.17) is 20.3 Å². The van der Waals surface area contributed by atoms with E-state index in [1.165, 1.54) is 18.0 Å². The van der Waals surface area contributed by atoms with Crippen LogP contribution in [0, 0.1) is 0 Å². The summed E-state index contributed by atoms with van der Waals surface area (Å²) in [5, 5.41) is 19.1. The summed E-state index contributed by atoms with van der Waals surface area (Å²) in [4.78, 5) is 11.9. The molecule has 120 valence electrons. The van der Waals surface area contributed by atoms with Crippen molar-refractivity contribution >= 4 is 33.0 Å². The summed E-state index contributed by atoms with van der Waals surface area (Å²) in [6.07, 6.45) is -2.69. The first-order valence-electron chi connectivity index (χ1n) is 6.26. The van der Waals surface area contributed by atoms with Crippen LogP contribution in [0.1, 0.15) is 6.23 Å². The van der Waals surface area contributed by atoms with E-state index in [9.17, 15) is 9.50 Å². The molecule has 4 N–H and O–H groups in total. The van der Waals surface area contributed by atoms with Gasteiger partial charge in [-0.3, -0.25) is 4.57 Å². The summed E-state index contributed by atoms with van der Waals surface area (Å²) in [6, 6.07) is 0. The van der Waals surface area contributed by atoms with Gasteiger partial charge in [-0.1, -0.05) is 0 Å². The Hall–Kier alpha value is -1.56. The minimum atomic E-state index is -2.33. The van der Waals surface area contributed by atoms with Crippen LogP contribution in [0.3, 0.4) is 0 Å². The minimum Gasteiger partial charge on any atom is -0.479 e. The van der Waals surface area contributed by atoms with Gasteiger partial charge in [0.05, 0.1) is 20.0 Å². The second-order valence-corrected chi connectivity index (χ2v) is 5.96. The Morgan fingerprint density at radius 3 is 2.91 bits per heavy atom. The third kappa shape index (κ3) is 2.12. The lowest BCUT2D eigenvalue weighted by atomic mass is 10.1. The molecule has 11 heteroatoms. The average Bonchev–Trinajstić information content (AvgIpc) is 2.98. The van der Waals surface area contributed by atoms with Gasteiger partial charge < -0.3 is 25.4 Å². The smallest absolute Gasteiger partial charge is 0.246 e. The molecule has 3 rings (SSSR count). The van der Waals surface area contributed by atoms with Gasteiger partial charge in [0.2, 0.25) is 16.4 Å². The number of aliphatic hydroxyl groups excluding tert-OH is 2. The second-order valence-electron chi connectivity index (χ2n) is 4.74. The number of fused-ring (bicyclic) bond motifs is 1. The number of aromatic nitrogens is 4. The Morgan fingerprint density at radius 1 is 1.59 bits per heavy atom. The molecule has 1 aliphatic heterocycles. The van der Waals surface area contributed by atoms with Crippen molar-refractivity contribution < 1.29 is 24.1 Å². The topological polar surface area (TPSA) is 129 Å². The fourth-order valence-electron chi connectivity index (χ4n) is 2.34. The number of ether oxygens (including phenoxy) is 2. The maximum atomic E-state index is 14.8. The van der Waals surface area contributed by atoms with Crippen molar-refractivity contribution in [2.75, 3.05) is 19.5 Å². The molecule has 1 fully saturated rings. The van der Waals surface area contributed by atoms with E-state index < -0.39 is 29.6 Å². The lowest BCUT2D eigenvalue weighted by molar-refractivity contribution is -0.0472. The van der Waals surface area contributed by atoms with Crippen molar-refractivity contribution in [1.29, 1.82) is 0 Å². The summed E-state index contributed by atoms with van der Waals surface area (Å²) in [7, 11) is 1.39. The molecule has 0 aliphatic carbocycles. The number of aliphatic hydroxyl groups is 2. The van der Waals surface area contributed by atoms with Gasteiger partial charge in [0.1, 0.15) is 12.2 Å². The molecular formula is C11H13BrFN5O4. The maximum absolute atomic E-state index is 14.8. The highest BCUT2D eigenvalue weighted by molar-refractivity contribution is 9.10. The van der Waals surface area contributed by atoms with Crippen LogP contribution in [0.2, 0.25) is 0 Å². The Balaban J connectivity index is 2.13. The van der Waals surface area contributed by atoms with Gasteiger partial charge in [-0.2, -0.15) is 9.97 Å². The number of imidazole rings is 1. The summed E-state index contributed by atoms with van der Waals surface area (Å²) in [5.74, 6) is 0.0555. The molecule has 1 aliphatic rings. The van der Waals surface area contributed by atoms with E-state index in [-0.39, 0.29) is 23.0 Å². The van der Waals surface area contributed by atoms with E-state index in [1.807, 2.05) is 0 Å². The van der Waals surface area contributed by atoms with Gasteiger partial charge in [-0.15, -0.1) is 0 Å². The average molecular weight is 378 g/mol. The summed E-state index contributed by atoms with van der Waals surface area (Å²) in [5.41, 5.74) is 6.05. The third-order valence-corrected chi connectivity index (χ3v) is 4.27. The number of rotatable bonds is 3. The van der Waals surface area contributed by atoms with Crippen molar-refractivity contribution in [3.63, 3.8) is 0 Å². The molecule has 2 aromatic heterocycles. The zero-order valence-electron chi connectivity index (χ0n) is 11.3. The summed E-state index contributed by atoms with van der Waals surface area (Å²) < 4.78 is 24.1. The van der Waals surface area contributed by atoms with Crippen molar-refractivity contribution in [1.82, 2.24) is 19.5 Å². The number of alkyl halides is 2. The van der Waals surface area contributed by atoms with Crippen LogP contribution >= 0.6 is 15.9 Å². The standard InChI is InChI=1S/C11H13BrFN5O4/c1-21-8-5-7(16-10(14)17-8)18(3-15-5)9-11(12,13)6(20)4(2-19)22-9/h3-4,6,9,19-20H,2H2,1H3,(H2,14,16,17)/t4-,6?,9-,11-/m1/s1. The fourth-order valence-corrected chi connectivity index (χ4v) is 2.96. The molecular weight excluding hydrogens is 365 g/mol. The van der Waals surface area contributed by atoms with Gasteiger partial charge in [0.15, 0.2) is 17.4 Å². The molecule has 0 bridgehead atoms. The zero-order valence-corrected chi connectivity index (χ0v) is 12.9. The van der Waals surface area contributed by atoms with Gasteiger partial charge in [0, 0.05) is 0 Å². The largest absolute Gasteiger partial charge is 0.479 e. The van der Waals surface area contributed by atoms with Crippen molar-refractivity contribution in [2.45, 2.75) is 23.0 Å². The maximum Gasteiger partial charge on any atom is 0.246 e. The van der Waals surface area contributed by atoms with E-state index >= 15 is 0 Å². The molecule has 1 unspecified atom stereocenters. The van der Waals surface area contributed by atoms with Crippen molar-refractivity contribution in [3.05, 3.63) is 6.33 Å². The number of hydrogen-bond donors (Lipinski definition) is 3. The highest BCUT2D eigenvalue weighted by atomic mass is 79.9. The number of halogens is 2. The van der Waals surface area contributed by atoms with Crippen molar-refractivity contribution in [2.24, 2.45) is 0 Å². The lowest BCUT2D eigenvalue weighted by Gasteiger charge is -2.22. The zero-order chi connectivity index (χ0) is 16.1. The second kappa shape index (κ2) is 5.26. The van der Waals surface area contributed by atoms with E-state index in [0.717, 1.165) is 0 Å². The van der Waals surface area contributed by atoms with E-state index in [1.54, 1.807) is 0 Å². The van der Waals surface area contributed by atoms with Crippen molar-refractivity contribution in [3.8, 4) is 5.88 Å². The molecule has 22 heavy (non-hydrogen) atoms. The number of nitrogen functional groups attached to an aromatic ring is 1. The molecule has 0 amide bonds. The van der Waals surface area contributed by atoms with Gasteiger partial charge in [0.25, 0.3) is 0 Å². The molecule has 1 saturated heterocycles. The minimum absolute atomic E-state index is 0.0811. The SMILES string of the molecule is COc1nc(N)nc2c1ncn2[C@@H]1O[C@H](CO)C(O)[C@]1(F)Br. The molecule has 0 aromatic carbocycles. The predicted octanol–water partition coefficient (Wildman–Crippen LogP) is -0.272. The quantitative estimate of drug-likeness (QED) is 0.623. The Bertz CT molecular complexity index is 711. The van der Waals surface area contributed by atoms with Gasteiger partial charge in [-0.25, -0.2) is 9.37 Å². The van der Waals surface area contributed by atoms with E-state index in [2.05, 4.69) is 30.9 Å². The van der Waals surface area contributed by atoms with Crippen LogP contribution in [-0.2, 0) is 4.74 Å². The van der Waals surface area contributed by atoms with Crippen LogP contribution in [0.25, 0.3) is 11.2 Å². The van der Waals surface area contributed by atoms with E-state index in [0.29, 0.717) is 0 Å². The molecule has 0 spiro atoms. The van der Waals surface area contributed by atoms with Crippen LogP contribution in [0.15, 0.2) is 6.33 Å². The molecule has 0 saturated carbocycles. The third-order valence-electron chi connectivity index (χ3n) is 3.41. The molecule has 9 nitrogen and oxygen atoms in total. The molecule has 3 heterocycles. The molecule has 2 aromatic rings. The first-order chi connectivity index (χ1) is 10.4. The number of nitrogens with two attached hydrogens (primary N) is 1.